The molecule has 0 spiro atoms. The number of nitrogens with zero attached hydrogens (tertiary/aromatic N) is 2. The van der Waals surface area contributed by atoms with Crippen molar-refractivity contribution >= 4 is 7.85 Å². The van der Waals surface area contributed by atoms with E-state index in [1.165, 1.54) is 103 Å². The van der Waals surface area contributed by atoms with Crippen LogP contribution in [0.1, 0.15) is 127 Å². The summed E-state index contributed by atoms with van der Waals surface area (Å²) in [5.74, 6) is 0. The third-order valence-corrected chi connectivity index (χ3v) is 8.20. The second-order valence-electron chi connectivity index (χ2n) is 13.4. The maximum atomic E-state index is 3.86. The van der Waals surface area contributed by atoms with Gasteiger partial charge in [0.2, 0.25) is 0 Å². The topological polar surface area (TPSA) is 30.5 Å². The summed E-state index contributed by atoms with van der Waals surface area (Å²) in [6, 6.07) is 0. The molecule has 0 aromatic heterocycles. The van der Waals surface area contributed by atoms with Crippen LogP contribution in [0.15, 0.2) is 11.2 Å². The Bertz CT molecular complexity index is 603. The molecule has 0 bridgehead atoms. The molecule has 1 rings (SSSR count). The molecular formula is C30H63BN4. The van der Waals surface area contributed by atoms with Gasteiger partial charge in [0.05, 0.1) is 0 Å². The predicted molar refractivity (Wildman–Crippen MR) is 160 cm³/mol. The number of hydrogen-bond donors (Lipinski definition) is 2. The molecule has 0 unspecified atom stereocenters. The van der Waals surface area contributed by atoms with Gasteiger partial charge in [0, 0.05) is 49.3 Å². The Morgan fingerprint density at radius 1 is 0.714 bits per heavy atom. The first-order valence-corrected chi connectivity index (χ1v) is 15.0. The Balaban J connectivity index is 2.32. The largest absolute Gasteiger partial charge is 0.392 e. The third kappa shape index (κ3) is 14.7. The molecule has 0 amide bonds. The summed E-state index contributed by atoms with van der Waals surface area (Å²) in [5.41, 5.74) is 3.48. The first kappa shape index (κ1) is 32.5. The lowest BCUT2D eigenvalue weighted by Gasteiger charge is -2.40. The third-order valence-electron chi connectivity index (χ3n) is 8.20. The highest BCUT2D eigenvalue weighted by molar-refractivity contribution is 6.21. The molecule has 0 saturated carbocycles. The summed E-state index contributed by atoms with van der Waals surface area (Å²) in [4.78, 5) is 5.34. The minimum atomic E-state index is 0.144. The van der Waals surface area contributed by atoms with Crippen molar-refractivity contribution < 1.29 is 0 Å². The fraction of sp³-hybridized carbons (Fsp3) is 0.933. The van der Waals surface area contributed by atoms with Crippen LogP contribution in [0.3, 0.4) is 0 Å². The highest BCUT2D eigenvalue weighted by Crippen LogP contribution is 2.20. The molecule has 0 aromatic carbocycles. The molecule has 5 heteroatoms. The van der Waals surface area contributed by atoms with Gasteiger partial charge in [0.25, 0.3) is 0 Å². The van der Waals surface area contributed by atoms with Crippen LogP contribution < -0.4 is 10.6 Å². The highest BCUT2D eigenvalue weighted by atomic mass is 15.3. The van der Waals surface area contributed by atoms with E-state index >= 15 is 0 Å². The van der Waals surface area contributed by atoms with Gasteiger partial charge in [-0.15, -0.1) is 0 Å². The molecule has 1 fully saturated rings. The maximum Gasteiger partial charge on any atom is 0.160 e. The van der Waals surface area contributed by atoms with E-state index in [0.717, 1.165) is 6.42 Å². The Hall–Kier alpha value is -0.515. The Morgan fingerprint density at radius 3 is 1.71 bits per heavy atom. The van der Waals surface area contributed by atoms with E-state index in [9.17, 15) is 0 Å². The van der Waals surface area contributed by atoms with Gasteiger partial charge in [-0.1, -0.05) is 51.5 Å². The smallest absolute Gasteiger partial charge is 0.160 e. The Labute approximate surface area is 221 Å². The second-order valence-corrected chi connectivity index (χ2v) is 13.4. The van der Waals surface area contributed by atoms with Gasteiger partial charge in [-0.25, -0.2) is 0 Å². The zero-order valence-corrected chi connectivity index (χ0v) is 25.7. The van der Waals surface area contributed by atoms with Crippen LogP contribution in [-0.2, 0) is 0 Å². The fourth-order valence-electron chi connectivity index (χ4n) is 5.21. The van der Waals surface area contributed by atoms with Crippen molar-refractivity contribution in [3.05, 3.63) is 11.2 Å². The van der Waals surface area contributed by atoms with Crippen LogP contribution in [0.5, 0.6) is 0 Å². The molecular weight excluding hydrogens is 427 g/mol. The van der Waals surface area contributed by atoms with Gasteiger partial charge in [0.1, 0.15) is 0 Å². The molecule has 1 aliphatic rings. The first-order valence-electron chi connectivity index (χ1n) is 15.0. The van der Waals surface area contributed by atoms with Gasteiger partial charge >= 0.3 is 0 Å². The van der Waals surface area contributed by atoms with Crippen molar-refractivity contribution in [2.45, 2.75) is 143 Å². The van der Waals surface area contributed by atoms with Gasteiger partial charge < -0.3 is 20.4 Å². The van der Waals surface area contributed by atoms with E-state index in [1.807, 2.05) is 0 Å². The van der Waals surface area contributed by atoms with Gasteiger partial charge in [-0.3, -0.25) is 0 Å². The molecule has 0 aromatic rings. The molecule has 4 nitrogen and oxygen atoms in total. The number of nitrogens with one attached hydrogen (secondary N) is 2. The molecule has 0 atom stereocenters. The summed E-state index contributed by atoms with van der Waals surface area (Å²) in [6.07, 6.45) is 13.1. The lowest BCUT2D eigenvalue weighted by Crippen LogP contribution is -2.54. The molecule has 206 valence electrons. The van der Waals surface area contributed by atoms with Crippen molar-refractivity contribution in [2.75, 3.05) is 39.3 Å². The molecule has 1 aliphatic heterocycles. The lowest BCUT2D eigenvalue weighted by atomic mass is 9.90. The summed E-state index contributed by atoms with van der Waals surface area (Å²) in [5, 5.41) is 7.73. The number of piperazine rings is 1. The van der Waals surface area contributed by atoms with E-state index in [1.54, 1.807) is 5.57 Å². The SMILES string of the molecule is B/C(NC(C)(C)CCN1CCN(CCC(C)(C)NC(C)(C)CC)CC1)=C(/C)CCCCCCCC. The molecule has 1 saturated heterocycles. The monoisotopic (exact) mass is 491 g/mol. The second kappa shape index (κ2) is 15.7. The average molecular weight is 491 g/mol. The molecule has 0 radical (unpaired) electrons. The Kier molecular flexibility index (Phi) is 14.6. The van der Waals surface area contributed by atoms with Gasteiger partial charge in [-0.2, -0.15) is 0 Å². The predicted octanol–water partition coefficient (Wildman–Crippen LogP) is 5.92. The van der Waals surface area contributed by atoms with Crippen LogP contribution in [0, 0.1) is 0 Å². The van der Waals surface area contributed by atoms with Crippen LogP contribution in [0.4, 0.5) is 0 Å². The van der Waals surface area contributed by atoms with E-state index < -0.39 is 0 Å². The first-order chi connectivity index (χ1) is 16.3. The summed E-state index contributed by atoms with van der Waals surface area (Å²) in [7, 11) is 2.28. The van der Waals surface area contributed by atoms with E-state index in [-0.39, 0.29) is 16.6 Å². The zero-order valence-electron chi connectivity index (χ0n) is 25.7. The minimum Gasteiger partial charge on any atom is -0.392 e. The summed E-state index contributed by atoms with van der Waals surface area (Å²) in [6.45, 7) is 28.2. The number of allylic oxidation sites excluding steroid dienone is 1. The maximum absolute atomic E-state index is 3.86. The van der Waals surface area contributed by atoms with Crippen LogP contribution in [0.2, 0.25) is 0 Å². The van der Waals surface area contributed by atoms with Crippen LogP contribution in [0.25, 0.3) is 0 Å². The van der Waals surface area contributed by atoms with Crippen molar-refractivity contribution in [2.24, 2.45) is 0 Å². The van der Waals surface area contributed by atoms with Crippen molar-refractivity contribution in [1.29, 1.82) is 0 Å². The normalized spacial score (nSPS) is 17.5. The van der Waals surface area contributed by atoms with Gasteiger partial charge in [-0.05, 0) is 92.7 Å². The minimum absolute atomic E-state index is 0.144. The van der Waals surface area contributed by atoms with Crippen molar-refractivity contribution in [1.82, 2.24) is 20.4 Å². The van der Waals surface area contributed by atoms with E-state index in [4.69, 9.17) is 0 Å². The molecule has 1 heterocycles. The van der Waals surface area contributed by atoms with Crippen molar-refractivity contribution in [3.63, 3.8) is 0 Å². The van der Waals surface area contributed by atoms with E-state index in [2.05, 4.69) is 90.6 Å². The molecule has 35 heavy (non-hydrogen) atoms. The van der Waals surface area contributed by atoms with Crippen LogP contribution >= 0.6 is 0 Å². The van der Waals surface area contributed by atoms with Crippen LogP contribution in [-0.4, -0.2) is 73.5 Å². The quantitative estimate of drug-likeness (QED) is 0.184. The lowest BCUT2D eigenvalue weighted by molar-refractivity contribution is 0.112. The summed E-state index contributed by atoms with van der Waals surface area (Å²) < 4.78 is 0. The molecule has 0 aliphatic carbocycles. The summed E-state index contributed by atoms with van der Waals surface area (Å²) >= 11 is 0. The number of unbranched alkanes of at least 4 members (excludes halogenated alkanes) is 5. The van der Waals surface area contributed by atoms with Crippen molar-refractivity contribution in [3.8, 4) is 0 Å². The zero-order chi connectivity index (χ0) is 26.5. The van der Waals surface area contributed by atoms with E-state index in [0.29, 0.717) is 0 Å². The van der Waals surface area contributed by atoms with Gasteiger partial charge in [0.15, 0.2) is 7.85 Å². The highest BCUT2D eigenvalue weighted by Gasteiger charge is 2.27. The number of hydrogen-bond acceptors (Lipinski definition) is 4. The standard InChI is InChI=1S/C30H63BN4/c1-10-12-13-14-15-16-17-26(3)27(31)32-29(6,7)18-20-34-22-24-35(25-23-34)21-19-30(8,9)33-28(4,5)11-2/h32-33H,10-25,31H2,1-9H3/b27-26+. The Morgan fingerprint density at radius 2 is 1.20 bits per heavy atom. The fourth-order valence-corrected chi connectivity index (χ4v) is 5.21. The molecule has 2 N–H and O–H groups in total. The number of rotatable bonds is 18. The average Bonchev–Trinajstić information content (AvgIpc) is 2.78.